The summed E-state index contributed by atoms with van der Waals surface area (Å²) in [6.45, 7) is 0. The van der Waals surface area contributed by atoms with Crippen LogP contribution in [-0.2, 0) is 5.41 Å². The molecule has 53 heavy (non-hydrogen) atoms. The molecular formula is C50H31NO2. The lowest BCUT2D eigenvalue weighted by Crippen LogP contribution is -2.26. The number of benzene rings is 8. The Morgan fingerprint density at radius 3 is 1.74 bits per heavy atom. The van der Waals surface area contributed by atoms with E-state index in [4.69, 9.17) is 4.42 Å². The van der Waals surface area contributed by atoms with Gasteiger partial charge in [-0.1, -0.05) is 133 Å². The first-order valence-corrected chi connectivity index (χ1v) is 18.1. The fourth-order valence-corrected chi connectivity index (χ4v) is 9.10. The molecule has 0 fully saturated rings. The zero-order valence-corrected chi connectivity index (χ0v) is 28.7. The van der Waals surface area contributed by atoms with E-state index in [0.717, 1.165) is 39.3 Å². The van der Waals surface area contributed by atoms with Crippen molar-refractivity contribution in [3.8, 4) is 33.4 Å². The average Bonchev–Trinajstić information content (AvgIpc) is 3.68. The van der Waals surface area contributed by atoms with Crippen LogP contribution in [0, 0.1) is 0 Å². The van der Waals surface area contributed by atoms with Crippen LogP contribution in [0.25, 0.3) is 55.3 Å². The van der Waals surface area contributed by atoms with Gasteiger partial charge in [-0.2, -0.15) is 0 Å². The molecule has 3 heteroatoms. The third-order valence-corrected chi connectivity index (χ3v) is 11.3. The van der Waals surface area contributed by atoms with Crippen LogP contribution in [0.4, 0.5) is 17.1 Å². The van der Waals surface area contributed by atoms with Crippen molar-refractivity contribution in [2.45, 2.75) is 5.41 Å². The van der Waals surface area contributed by atoms with Crippen molar-refractivity contribution in [1.82, 2.24) is 0 Å². The molecule has 1 heterocycles. The highest BCUT2D eigenvalue weighted by Gasteiger charge is 2.52. The largest absolute Gasteiger partial charge is 0.456 e. The number of anilines is 3. The van der Waals surface area contributed by atoms with E-state index in [1.165, 1.54) is 33.4 Å². The van der Waals surface area contributed by atoms with Gasteiger partial charge in [0.2, 0.25) is 5.43 Å². The fraction of sp³-hybridized carbons (Fsp3) is 0.0200. The normalized spacial score (nSPS) is 14.9. The molecule has 11 rings (SSSR count). The maximum Gasteiger partial charge on any atom is 0.200 e. The molecule has 0 N–H and O–H groups in total. The van der Waals surface area contributed by atoms with Gasteiger partial charge in [-0.3, -0.25) is 4.79 Å². The highest BCUT2D eigenvalue weighted by molar-refractivity contribution is 6.01. The third-order valence-electron chi connectivity index (χ3n) is 11.3. The first-order chi connectivity index (χ1) is 26.2. The lowest BCUT2D eigenvalue weighted by molar-refractivity contribution is 0.657. The van der Waals surface area contributed by atoms with Crippen LogP contribution in [0.2, 0.25) is 0 Å². The predicted octanol–water partition coefficient (Wildman–Crippen LogP) is 12.4. The minimum atomic E-state index is -0.589. The minimum Gasteiger partial charge on any atom is -0.456 e. The second kappa shape index (κ2) is 11.3. The Bertz CT molecular complexity index is 2980. The second-order valence-corrected chi connectivity index (χ2v) is 13.9. The van der Waals surface area contributed by atoms with Crippen LogP contribution in [0.3, 0.4) is 0 Å². The van der Waals surface area contributed by atoms with E-state index in [0.29, 0.717) is 21.9 Å². The molecule has 0 aliphatic heterocycles. The van der Waals surface area contributed by atoms with Gasteiger partial charge in [0.25, 0.3) is 0 Å². The van der Waals surface area contributed by atoms with Gasteiger partial charge in [0.05, 0.1) is 21.9 Å². The standard InChI is InChI=1S/C50H31NO2/c52-49-38-22-10-14-26-47(38)53-48-31-45-40(30-41(48)49)37-21-8-12-24-43(37)50(45)42-23-11-7-20-36(42)39-29-34(27-28-44(39)50)51(33-17-5-2-6-18-33)46-25-13-9-19-35(46)32-15-3-1-4-16-32/h1-31H. The van der Waals surface area contributed by atoms with Gasteiger partial charge in [-0.05, 0) is 105 Å². The molecule has 2 aliphatic rings. The summed E-state index contributed by atoms with van der Waals surface area (Å²) in [5, 5.41) is 1.20. The highest BCUT2D eigenvalue weighted by atomic mass is 16.3. The van der Waals surface area contributed by atoms with Gasteiger partial charge < -0.3 is 9.32 Å². The summed E-state index contributed by atoms with van der Waals surface area (Å²) in [6.07, 6.45) is 0. The lowest BCUT2D eigenvalue weighted by Gasteiger charge is -2.31. The summed E-state index contributed by atoms with van der Waals surface area (Å²) in [6, 6.07) is 66.1. The molecule has 1 atom stereocenters. The number of hydrogen-bond donors (Lipinski definition) is 0. The van der Waals surface area contributed by atoms with Gasteiger partial charge >= 0.3 is 0 Å². The Morgan fingerprint density at radius 1 is 0.396 bits per heavy atom. The zero-order valence-electron chi connectivity index (χ0n) is 28.7. The van der Waals surface area contributed by atoms with E-state index in [9.17, 15) is 4.79 Å². The van der Waals surface area contributed by atoms with E-state index >= 15 is 0 Å². The molecule has 0 saturated heterocycles. The van der Waals surface area contributed by atoms with Gasteiger partial charge in [-0.25, -0.2) is 0 Å². The molecule has 9 aromatic rings. The molecule has 0 radical (unpaired) electrons. The number of nitrogens with zero attached hydrogens (tertiary/aromatic N) is 1. The third kappa shape index (κ3) is 4.13. The zero-order chi connectivity index (χ0) is 35.1. The summed E-state index contributed by atoms with van der Waals surface area (Å²) in [4.78, 5) is 16.3. The Hall–Kier alpha value is -6.97. The Morgan fingerprint density at radius 2 is 0.981 bits per heavy atom. The van der Waals surface area contributed by atoms with Crippen LogP contribution in [0.5, 0.6) is 0 Å². The van der Waals surface area contributed by atoms with Gasteiger partial charge in [0.15, 0.2) is 0 Å². The molecule has 1 unspecified atom stereocenters. The lowest BCUT2D eigenvalue weighted by atomic mass is 9.70. The molecule has 1 spiro atoms. The SMILES string of the molecule is O=c1c2ccccc2oc2cc3c(cc12)-c1ccccc1C31c2ccccc2-c2cc(N(c3ccccc3)c3ccccc3-c3ccccc3)ccc21. The first-order valence-electron chi connectivity index (χ1n) is 18.1. The summed E-state index contributed by atoms with van der Waals surface area (Å²) in [5.74, 6) is 0. The maximum atomic E-state index is 13.9. The summed E-state index contributed by atoms with van der Waals surface area (Å²) >= 11 is 0. The van der Waals surface area contributed by atoms with Crippen LogP contribution in [-0.4, -0.2) is 0 Å². The monoisotopic (exact) mass is 677 g/mol. The number of hydrogen-bond acceptors (Lipinski definition) is 3. The Balaban J connectivity index is 1.19. The predicted molar refractivity (Wildman–Crippen MR) is 216 cm³/mol. The molecule has 0 amide bonds. The number of fused-ring (bicyclic) bond motifs is 12. The first kappa shape index (κ1) is 29.7. The van der Waals surface area contributed by atoms with Crippen molar-refractivity contribution in [2.75, 3.05) is 4.90 Å². The highest BCUT2D eigenvalue weighted by Crippen LogP contribution is 2.63. The van der Waals surface area contributed by atoms with E-state index in [-0.39, 0.29) is 5.43 Å². The van der Waals surface area contributed by atoms with Gasteiger partial charge in [0.1, 0.15) is 11.2 Å². The molecule has 248 valence electrons. The molecular weight excluding hydrogens is 647 g/mol. The van der Waals surface area contributed by atoms with Crippen molar-refractivity contribution >= 4 is 39.0 Å². The van der Waals surface area contributed by atoms with Crippen LogP contribution >= 0.6 is 0 Å². The van der Waals surface area contributed by atoms with Gasteiger partial charge in [-0.15, -0.1) is 0 Å². The summed E-state index contributed by atoms with van der Waals surface area (Å²) < 4.78 is 6.52. The van der Waals surface area contributed by atoms with Crippen molar-refractivity contribution in [3.05, 3.63) is 221 Å². The summed E-state index contributed by atoms with van der Waals surface area (Å²) in [5.41, 5.74) is 15.6. The molecule has 3 nitrogen and oxygen atoms in total. The maximum absolute atomic E-state index is 13.9. The van der Waals surface area contributed by atoms with E-state index < -0.39 is 5.41 Å². The Labute approximate surface area is 306 Å². The average molecular weight is 678 g/mol. The van der Waals surface area contributed by atoms with Crippen LogP contribution in [0.15, 0.2) is 197 Å². The van der Waals surface area contributed by atoms with E-state index in [1.807, 2.05) is 24.3 Å². The Kier molecular flexibility index (Phi) is 6.32. The van der Waals surface area contributed by atoms with Crippen LogP contribution < -0.4 is 10.3 Å². The molecule has 0 bridgehead atoms. The second-order valence-electron chi connectivity index (χ2n) is 13.9. The van der Waals surface area contributed by atoms with E-state index in [2.05, 4.69) is 169 Å². The van der Waals surface area contributed by atoms with E-state index in [1.54, 1.807) is 0 Å². The molecule has 2 aliphatic carbocycles. The topological polar surface area (TPSA) is 33.5 Å². The van der Waals surface area contributed by atoms with Crippen molar-refractivity contribution in [3.63, 3.8) is 0 Å². The van der Waals surface area contributed by atoms with Crippen LogP contribution in [0.1, 0.15) is 22.3 Å². The number of rotatable bonds is 4. The smallest absolute Gasteiger partial charge is 0.200 e. The molecule has 1 aromatic heterocycles. The van der Waals surface area contributed by atoms with Crippen molar-refractivity contribution in [1.29, 1.82) is 0 Å². The number of para-hydroxylation sites is 3. The molecule has 0 saturated carbocycles. The quantitative estimate of drug-likeness (QED) is 0.174. The fourth-order valence-electron chi connectivity index (χ4n) is 9.10. The van der Waals surface area contributed by atoms with Crippen molar-refractivity contribution in [2.24, 2.45) is 0 Å². The van der Waals surface area contributed by atoms with Gasteiger partial charge in [0, 0.05) is 16.9 Å². The minimum absolute atomic E-state index is 0.00303. The van der Waals surface area contributed by atoms with Crippen molar-refractivity contribution < 1.29 is 4.42 Å². The molecule has 8 aromatic carbocycles. The summed E-state index contributed by atoms with van der Waals surface area (Å²) in [7, 11) is 0.